The molecule has 2 rings (SSSR count). The summed E-state index contributed by atoms with van der Waals surface area (Å²) in [5.74, 6) is -0.542. The molecule has 1 aliphatic carbocycles. The predicted octanol–water partition coefficient (Wildman–Crippen LogP) is 4.04. The molecule has 3 atom stereocenters. The van der Waals surface area contributed by atoms with Crippen molar-refractivity contribution in [1.29, 1.82) is 0 Å². The van der Waals surface area contributed by atoms with Gasteiger partial charge in [0, 0.05) is 6.07 Å². The van der Waals surface area contributed by atoms with Crippen LogP contribution in [0.4, 0.5) is 8.78 Å². The minimum absolute atomic E-state index is 0.0462. The van der Waals surface area contributed by atoms with Crippen LogP contribution in [0.1, 0.15) is 45.6 Å². The van der Waals surface area contributed by atoms with E-state index in [2.05, 4.69) is 6.92 Å². The average Bonchev–Trinajstić information content (AvgIpc) is 2.26. The maximum absolute atomic E-state index is 13.4. The van der Waals surface area contributed by atoms with Crippen molar-refractivity contribution in [2.45, 2.75) is 51.6 Å². The fraction of sp³-hybridized carbons (Fsp3) is 0.625. The van der Waals surface area contributed by atoms with Crippen molar-refractivity contribution in [3.05, 3.63) is 35.4 Å². The van der Waals surface area contributed by atoms with E-state index >= 15 is 0 Å². The van der Waals surface area contributed by atoms with Crippen LogP contribution in [0.25, 0.3) is 0 Å². The molecule has 0 radical (unpaired) electrons. The predicted molar refractivity (Wildman–Crippen MR) is 71.9 cm³/mol. The minimum Gasteiger partial charge on any atom is -0.393 e. The lowest BCUT2D eigenvalue weighted by Crippen LogP contribution is -2.41. The highest BCUT2D eigenvalue weighted by molar-refractivity contribution is 5.27. The van der Waals surface area contributed by atoms with E-state index in [1.807, 2.05) is 13.8 Å². The Bertz CT molecular complexity index is 436. The van der Waals surface area contributed by atoms with Crippen molar-refractivity contribution in [3.63, 3.8) is 0 Å². The molecule has 1 aromatic rings. The summed E-state index contributed by atoms with van der Waals surface area (Å²) < 4.78 is 26.8. The van der Waals surface area contributed by atoms with E-state index in [0.717, 1.165) is 25.3 Å². The third-order valence-corrected chi connectivity index (χ3v) is 4.61. The maximum Gasteiger partial charge on any atom is 0.126 e. The van der Waals surface area contributed by atoms with Crippen LogP contribution in [0.15, 0.2) is 18.2 Å². The van der Waals surface area contributed by atoms with Gasteiger partial charge in [-0.25, -0.2) is 8.78 Å². The summed E-state index contributed by atoms with van der Waals surface area (Å²) in [6.45, 7) is 6.06. The fourth-order valence-corrected chi connectivity index (χ4v) is 3.33. The minimum atomic E-state index is -0.554. The number of rotatable bonds is 2. The Hall–Kier alpha value is -0.960. The number of hydrogen-bond acceptors (Lipinski definition) is 1. The summed E-state index contributed by atoms with van der Waals surface area (Å²) in [6.07, 6.45) is 2.33. The maximum atomic E-state index is 13.4. The highest BCUT2D eigenvalue weighted by Gasteiger charge is 2.39. The van der Waals surface area contributed by atoms with Gasteiger partial charge in [-0.3, -0.25) is 0 Å². The summed E-state index contributed by atoms with van der Waals surface area (Å²) in [5, 5.41) is 10.3. The second-order valence-corrected chi connectivity index (χ2v) is 6.47. The van der Waals surface area contributed by atoms with Gasteiger partial charge in [-0.15, -0.1) is 0 Å². The van der Waals surface area contributed by atoms with Crippen molar-refractivity contribution in [2.75, 3.05) is 0 Å². The van der Waals surface area contributed by atoms with Crippen LogP contribution in [0.2, 0.25) is 0 Å². The third kappa shape index (κ3) is 2.97. The molecule has 3 unspecified atom stereocenters. The van der Waals surface area contributed by atoms with Crippen LogP contribution >= 0.6 is 0 Å². The number of hydrogen-bond donors (Lipinski definition) is 1. The van der Waals surface area contributed by atoms with Gasteiger partial charge in [-0.05, 0) is 47.8 Å². The van der Waals surface area contributed by atoms with E-state index in [1.54, 1.807) is 0 Å². The Labute approximate surface area is 113 Å². The number of benzene rings is 1. The fourth-order valence-electron chi connectivity index (χ4n) is 3.33. The molecule has 1 fully saturated rings. The molecule has 0 bridgehead atoms. The zero-order chi connectivity index (χ0) is 14.2. The Morgan fingerprint density at radius 1 is 1.11 bits per heavy atom. The van der Waals surface area contributed by atoms with Gasteiger partial charge in [0.2, 0.25) is 0 Å². The molecule has 1 aromatic carbocycles. The zero-order valence-electron chi connectivity index (χ0n) is 11.8. The Balaban J connectivity index is 2.30. The van der Waals surface area contributed by atoms with Gasteiger partial charge in [-0.1, -0.05) is 27.2 Å². The van der Waals surface area contributed by atoms with Crippen LogP contribution in [0, 0.1) is 23.5 Å². The van der Waals surface area contributed by atoms with E-state index in [1.165, 1.54) is 12.1 Å². The second kappa shape index (κ2) is 5.20. The molecule has 1 N–H and O–H groups in total. The molecule has 0 aromatic heterocycles. The van der Waals surface area contributed by atoms with Crippen LogP contribution in [-0.4, -0.2) is 11.2 Å². The van der Waals surface area contributed by atoms with Gasteiger partial charge in [0.25, 0.3) is 0 Å². The zero-order valence-corrected chi connectivity index (χ0v) is 11.8. The number of aliphatic hydroxyl groups is 1. The molecule has 1 nitrogen and oxygen atoms in total. The molecular weight excluding hydrogens is 246 g/mol. The molecule has 1 saturated carbocycles. The molecule has 0 amide bonds. The molecular formula is C16H22F2O. The number of halogens is 2. The highest BCUT2D eigenvalue weighted by Crippen LogP contribution is 2.42. The van der Waals surface area contributed by atoms with Gasteiger partial charge in [0.05, 0.1) is 6.10 Å². The van der Waals surface area contributed by atoms with E-state index in [4.69, 9.17) is 0 Å². The van der Waals surface area contributed by atoms with Gasteiger partial charge >= 0.3 is 0 Å². The topological polar surface area (TPSA) is 20.2 Å². The summed E-state index contributed by atoms with van der Waals surface area (Å²) in [7, 11) is 0. The first-order valence-electron chi connectivity index (χ1n) is 6.95. The van der Waals surface area contributed by atoms with Gasteiger partial charge in [-0.2, -0.15) is 0 Å². The van der Waals surface area contributed by atoms with E-state index in [0.29, 0.717) is 11.5 Å². The second-order valence-electron chi connectivity index (χ2n) is 6.47. The SMILES string of the molecule is CC1CCC(C(C)(C)c2cc(F)cc(F)c2)C(O)C1. The Kier molecular flexibility index (Phi) is 3.95. The first kappa shape index (κ1) is 14.4. The molecule has 3 heteroatoms. The Morgan fingerprint density at radius 3 is 2.21 bits per heavy atom. The van der Waals surface area contributed by atoms with E-state index < -0.39 is 23.2 Å². The lowest BCUT2D eigenvalue weighted by molar-refractivity contribution is 0.0142. The summed E-state index contributed by atoms with van der Waals surface area (Å²) in [4.78, 5) is 0. The summed E-state index contributed by atoms with van der Waals surface area (Å²) in [6, 6.07) is 3.65. The summed E-state index contributed by atoms with van der Waals surface area (Å²) >= 11 is 0. The molecule has 19 heavy (non-hydrogen) atoms. The monoisotopic (exact) mass is 268 g/mol. The van der Waals surface area contributed by atoms with E-state index in [-0.39, 0.29) is 5.92 Å². The molecule has 0 heterocycles. The van der Waals surface area contributed by atoms with Crippen molar-refractivity contribution in [1.82, 2.24) is 0 Å². The smallest absolute Gasteiger partial charge is 0.126 e. The summed E-state index contributed by atoms with van der Waals surface area (Å²) in [5.41, 5.74) is 0.200. The van der Waals surface area contributed by atoms with Crippen molar-refractivity contribution in [2.24, 2.45) is 11.8 Å². The number of aliphatic hydroxyl groups excluding tert-OH is 1. The van der Waals surface area contributed by atoms with Gasteiger partial charge in [0.15, 0.2) is 0 Å². The van der Waals surface area contributed by atoms with Crippen molar-refractivity contribution < 1.29 is 13.9 Å². The molecule has 0 saturated heterocycles. The lowest BCUT2D eigenvalue weighted by atomic mass is 9.64. The standard InChI is InChI=1S/C16H22F2O/c1-10-4-5-14(15(19)6-10)16(2,3)11-7-12(17)9-13(18)8-11/h7-10,14-15,19H,4-6H2,1-3H3. The van der Waals surface area contributed by atoms with Crippen LogP contribution < -0.4 is 0 Å². The quantitative estimate of drug-likeness (QED) is 0.858. The van der Waals surface area contributed by atoms with Gasteiger partial charge < -0.3 is 5.11 Å². The largest absolute Gasteiger partial charge is 0.393 e. The average molecular weight is 268 g/mol. The first-order valence-corrected chi connectivity index (χ1v) is 6.95. The molecule has 0 aliphatic heterocycles. The third-order valence-electron chi connectivity index (χ3n) is 4.61. The van der Waals surface area contributed by atoms with Crippen LogP contribution in [0.3, 0.4) is 0 Å². The van der Waals surface area contributed by atoms with Crippen LogP contribution in [0.5, 0.6) is 0 Å². The lowest BCUT2D eigenvalue weighted by Gasteiger charge is -2.42. The van der Waals surface area contributed by atoms with Gasteiger partial charge in [0.1, 0.15) is 11.6 Å². The molecule has 1 aliphatic rings. The molecule has 0 spiro atoms. The molecule has 106 valence electrons. The highest BCUT2D eigenvalue weighted by atomic mass is 19.1. The normalized spacial score (nSPS) is 28.4. The van der Waals surface area contributed by atoms with Crippen molar-refractivity contribution in [3.8, 4) is 0 Å². The van der Waals surface area contributed by atoms with Crippen LogP contribution in [-0.2, 0) is 5.41 Å². The Morgan fingerprint density at radius 2 is 1.68 bits per heavy atom. The van der Waals surface area contributed by atoms with E-state index in [9.17, 15) is 13.9 Å². The first-order chi connectivity index (χ1) is 8.80. The van der Waals surface area contributed by atoms with Crippen molar-refractivity contribution >= 4 is 0 Å².